The third kappa shape index (κ3) is 2.46. The summed E-state index contributed by atoms with van der Waals surface area (Å²) in [6.45, 7) is 11.7. The van der Waals surface area contributed by atoms with E-state index in [0.717, 1.165) is 39.5 Å². The van der Waals surface area contributed by atoms with Gasteiger partial charge in [0.1, 0.15) is 7.05 Å². The molecule has 0 atom stereocenters. The van der Waals surface area contributed by atoms with Crippen molar-refractivity contribution in [2.45, 2.75) is 13.8 Å². The number of aromatic nitrogens is 2. The summed E-state index contributed by atoms with van der Waals surface area (Å²) in [6, 6.07) is 17.9. The second-order valence-electron chi connectivity index (χ2n) is 6.40. The van der Waals surface area contributed by atoms with Gasteiger partial charge in [0.15, 0.2) is 17.6 Å². The number of para-hydroxylation sites is 2. The summed E-state index contributed by atoms with van der Waals surface area (Å²) in [7, 11) is 1.99. The summed E-state index contributed by atoms with van der Waals surface area (Å²) in [5.41, 5.74) is 6.57. The quantitative estimate of drug-likeness (QED) is 0.393. The lowest BCUT2D eigenvalue weighted by Crippen LogP contribution is -2.35. The summed E-state index contributed by atoms with van der Waals surface area (Å²) in [6.07, 6.45) is 2.02. The summed E-state index contributed by atoms with van der Waals surface area (Å²) in [4.78, 5) is 3.68. The minimum Gasteiger partial charge on any atom is -0.398 e. The van der Waals surface area contributed by atoms with Crippen LogP contribution in [0, 0.1) is 20.4 Å². The van der Waals surface area contributed by atoms with Crippen LogP contribution in [-0.4, -0.2) is 0 Å². The highest BCUT2D eigenvalue weighted by Crippen LogP contribution is 2.31. The second-order valence-corrected chi connectivity index (χ2v) is 6.40. The van der Waals surface area contributed by atoms with Gasteiger partial charge in [0.2, 0.25) is 11.3 Å². The zero-order valence-corrected chi connectivity index (χ0v) is 15.0. The average Bonchev–Trinajstić information content (AvgIpc) is 2.99. The number of hydrogen-bond donors (Lipinski definition) is 0. The van der Waals surface area contributed by atoms with E-state index in [9.17, 15) is 0 Å². The van der Waals surface area contributed by atoms with Gasteiger partial charge in [-0.3, -0.25) is 0 Å². The zero-order valence-electron chi connectivity index (χ0n) is 15.0. The summed E-state index contributed by atoms with van der Waals surface area (Å²) in [5.74, 6) is 0.754. The normalized spacial score (nSPS) is 10.8. The molecule has 0 aliphatic rings. The number of benzene rings is 2. The van der Waals surface area contributed by atoms with Crippen LogP contribution in [0.15, 0.2) is 65.2 Å². The van der Waals surface area contributed by atoms with Crippen molar-refractivity contribution in [1.29, 1.82) is 0 Å². The Morgan fingerprint density at radius 1 is 1.00 bits per heavy atom. The molecule has 0 fully saturated rings. The molecule has 0 bridgehead atoms. The molecular weight excluding hydrogens is 322 g/mol. The molecule has 126 valence electrons. The molecule has 0 saturated carbocycles. The molecular formula is C22H19N3O+2. The molecule has 0 spiro atoms. The molecule has 26 heavy (non-hydrogen) atoms. The van der Waals surface area contributed by atoms with Crippen LogP contribution in [0.3, 0.4) is 0 Å². The van der Waals surface area contributed by atoms with Crippen molar-refractivity contribution in [3.8, 4) is 17.1 Å². The van der Waals surface area contributed by atoms with E-state index in [2.05, 4.69) is 29.3 Å². The molecule has 4 aromatic rings. The molecule has 4 nitrogen and oxygen atoms in total. The highest BCUT2D eigenvalue weighted by Gasteiger charge is 2.27. The van der Waals surface area contributed by atoms with Crippen LogP contribution in [0.25, 0.3) is 33.1 Å². The Balaban J connectivity index is 2.03. The number of rotatable bonds is 2. The van der Waals surface area contributed by atoms with Gasteiger partial charge >= 0.3 is 5.89 Å². The van der Waals surface area contributed by atoms with Crippen LogP contribution in [0.5, 0.6) is 0 Å². The summed E-state index contributed by atoms with van der Waals surface area (Å²) >= 11 is 0. The monoisotopic (exact) mass is 341 g/mol. The Morgan fingerprint density at radius 3 is 2.50 bits per heavy atom. The Kier molecular flexibility index (Phi) is 3.78. The number of pyridine rings is 1. The predicted octanol–water partition coefficient (Wildman–Crippen LogP) is 4.37. The van der Waals surface area contributed by atoms with Gasteiger partial charge in [0, 0.05) is 36.8 Å². The highest BCUT2D eigenvalue weighted by atomic mass is 16.4. The van der Waals surface area contributed by atoms with Crippen LogP contribution in [0.4, 0.5) is 5.69 Å². The fourth-order valence-corrected chi connectivity index (χ4v) is 3.36. The van der Waals surface area contributed by atoms with Crippen molar-refractivity contribution < 1.29 is 13.6 Å². The SMILES string of the molecule is [C-]#[N+]c1cc(-c2oc3ccccc3[n+]2C)c(C)c(-[n+]2ccccc2C)c1. The Morgan fingerprint density at radius 2 is 1.77 bits per heavy atom. The van der Waals surface area contributed by atoms with Crippen molar-refractivity contribution in [2.75, 3.05) is 0 Å². The van der Waals surface area contributed by atoms with E-state index in [1.165, 1.54) is 0 Å². The molecule has 4 rings (SSSR count). The number of nitrogens with zero attached hydrogens (tertiary/aromatic N) is 3. The maximum Gasteiger partial charge on any atom is 0.380 e. The first-order chi connectivity index (χ1) is 12.6. The largest absolute Gasteiger partial charge is 0.398 e. The molecule has 4 heteroatoms. The average molecular weight is 341 g/mol. The van der Waals surface area contributed by atoms with Gasteiger partial charge in [0.25, 0.3) is 5.52 Å². The van der Waals surface area contributed by atoms with Crippen molar-refractivity contribution in [3.63, 3.8) is 0 Å². The second kappa shape index (κ2) is 6.12. The molecule has 2 heterocycles. The minimum absolute atomic E-state index is 0.594. The van der Waals surface area contributed by atoms with Crippen molar-refractivity contribution >= 4 is 16.8 Å². The van der Waals surface area contributed by atoms with Crippen LogP contribution in [-0.2, 0) is 7.05 Å². The summed E-state index contributed by atoms with van der Waals surface area (Å²) < 4.78 is 10.3. The van der Waals surface area contributed by atoms with Gasteiger partial charge in [-0.1, -0.05) is 18.2 Å². The van der Waals surface area contributed by atoms with Gasteiger partial charge < -0.3 is 4.42 Å². The third-order valence-electron chi connectivity index (χ3n) is 4.79. The lowest BCUT2D eigenvalue weighted by Gasteiger charge is -2.06. The first-order valence-electron chi connectivity index (χ1n) is 8.48. The number of oxazole rings is 1. The molecule has 0 saturated heterocycles. The van der Waals surface area contributed by atoms with Crippen molar-refractivity contribution in [2.24, 2.45) is 7.05 Å². The first-order valence-corrected chi connectivity index (χ1v) is 8.48. The molecule has 0 amide bonds. The maximum absolute atomic E-state index is 7.53. The van der Waals surface area contributed by atoms with E-state index in [1.54, 1.807) is 0 Å². The van der Waals surface area contributed by atoms with Crippen LogP contribution in [0.2, 0.25) is 0 Å². The lowest BCUT2D eigenvalue weighted by atomic mass is 10.0. The number of hydrogen-bond acceptors (Lipinski definition) is 1. The highest BCUT2D eigenvalue weighted by molar-refractivity contribution is 5.74. The van der Waals surface area contributed by atoms with Gasteiger partial charge in [-0.25, -0.2) is 4.85 Å². The fourth-order valence-electron chi connectivity index (χ4n) is 3.36. The Labute approximate surface area is 152 Å². The van der Waals surface area contributed by atoms with Gasteiger partial charge in [-0.15, -0.1) is 0 Å². The Bertz CT molecular complexity index is 1180. The molecule has 0 radical (unpaired) electrons. The number of fused-ring (bicyclic) bond motifs is 1. The van der Waals surface area contributed by atoms with Crippen LogP contribution < -0.4 is 9.13 Å². The standard InChI is InChI=1S/C22H19N3O/c1-15-9-7-8-12-25(15)20-14-17(23-3)13-18(16(20)2)22-24(4)19-10-5-6-11-21(19)26-22/h5-14H,1-2,4H3/q+2. The topological polar surface area (TPSA) is 25.3 Å². The molecule has 0 aliphatic carbocycles. The van der Waals surface area contributed by atoms with Gasteiger partial charge in [0.05, 0.1) is 12.1 Å². The maximum atomic E-state index is 7.53. The van der Waals surface area contributed by atoms with Crippen LogP contribution in [0.1, 0.15) is 11.3 Å². The Hall–Kier alpha value is -3.45. The predicted molar refractivity (Wildman–Crippen MR) is 100 cm³/mol. The van der Waals surface area contributed by atoms with Crippen molar-refractivity contribution in [1.82, 2.24) is 0 Å². The molecule has 2 aromatic heterocycles. The van der Waals surface area contributed by atoms with E-state index in [0.29, 0.717) is 5.69 Å². The minimum atomic E-state index is 0.594. The van der Waals surface area contributed by atoms with E-state index < -0.39 is 0 Å². The smallest absolute Gasteiger partial charge is 0.380 e. The summed E-state index contributed by atoms with van der Waals surface area (Å²) in [5, 5.41) is 0. The van der Waals surface area contributed by atoms with Gasteiger partial charge in [-0.05, 0) is 19.1 Å². The van der Waals surface area contributed by atoms with E-state index in [-0.39, 0.29) is 0 Å². The van der Waals surface area contributed by atoms with E-state index >= 15 is 0 Å². The van der Waals surface area contributed by atoms with Gasteiger partial charge in [-0.2, -0.15) is 9.13 Å². The molecule has 2 aromatic carbocycles. The third-order valence-corrected chi connectivity index (χ3v) is 4.79. The molecule has 0 N–H and O–H groups in total. The molecule has 0 aliphatic heterocycles. The van der Waals surface area contributed by atoms with Crippen molar-refractivity contribution in [3.05, 3.63) is 83.5 Å². The molecule has 0 unspecified atom stereocenters. The van der Waals surface area contributed by atoms with Crippen LogP contribution >= 0.6 is 0 Å². The first kappa shape index (κ1) is 16.0. The lowest BCUT2D eigenvalue weighted by molar-refractivity contribution is -0.637. The number of aryl methyl sites for hydroxylation is 2. The van der Waals surface area contributed by atoms with E-state index in [4.69, 9.17) is 11.0 Å². The zero-order chi connectivity index (χ0) is 18.3. The van der Waals surface area contributed by atoms with E-state index in [1.807, 2.05) is 66.3 Å². The fraction of sp³-hybridized carbons (Fsp3) is 0.136.